The molecule has 0 aromatic heterocycles. The Balaban J connectivity index is 0.000000810. The summed E-state index contributed by atoms with van der Waals surface area (Å²) in [5.74, 6) is -1.10. The Bertz CT molecular complexity index is 142. The number of Topliss-reactive ketones (excluding diaryl/α,β-unsaturated/α-hetero) is 2. The third-order valence-corrected chi connectivity index (χ3v) is 1.41. The third kappa shape index (κ3) is 2.51. The van der Waals surface area contributed by atoms with Gasteiger partial charge < -0.3 is 0 Å². The first-order chi connectivity index (χ1) is 4.22. The molecule has 0 aromatic carbocycles. The molecule has 2 nitrogen and oxygen atoms in total. The maximum absolute atomic E-state index is 12.3. The molecule has 0 aliphatic heterocycles. The van der Waals surface area contributed by atoms with E-state index in [2.05, 4.69) is 0 Å². The van der Waals surface area contributed by atoms with Gasteiger partial charge in [0, 0.05) is 12.8 Å². The molecule has 1 rings (SSSR count). The summed E-state index contributed by atoms with van der Waals surface area (Å²) < 4.78 is 12.3. The van der Waals surface area contributed by atoms with Crippen molar-refractivity contribution in [3.05, 3.63) is 0 Å². The van der Waals surface area contributed by atoms with Crippen LogP contribution in [0.15, 0.2) is 0 Å². The van der Waals surface area contributed by atoms with E-state index in [1.165, 1.54) is 0 Å². The molecule has 0 atom stereocenters. The second-order valence-corrected chi connectivity index (χ2v) is 2.15. The molecule has 0 bridgehead atoms. The van der Waals surface area contributed by atoms with Crippen LogP contribution in [0.1, 0.15) is 19.3 Å². The fourth-order valence-corrected chi connectivity index (χ4v) is 0.870. The average Bonchev–Trinajstić information content (AvgIpc) is 1.83. The Labute approximate surface area is 101 Å². The SMILES string of the molecule is O=C1CCCC(=O)C1F.[KH]. The summed E-state index contributed by atoms with van der Waals surface area (Å²) in [6, 6.07) is 0. The van der Waals surface area contributed by atoms with E-state index in [4.69, 9.17) is 0 Å². The number of ketones is 2. The quantitative estimate of drug-likeness (QED) is 0.379. The van der Waals surface area contributed by atoms with Crippen molar-refractivity contribution in [2.75, 3.05) is 0 Å². The van der Waals surface area contributed by atoms with Gasteiger partial charge in [-0.1, -0.05) is 0 Å². The van der Waals surface area contributed by atoms with E-state index < -0.39 is 17.7 Å². The molecule has 1 saturated carbocycles. The fourth-order valence-electron chi connectivity index (χ4n) is 0.870. The van der Waals surface area contributed by atoms with Gasteiger partial charge in [0.1, 0.15) is 0 Å². The normalized spacial score (nSPS) is 20.5. The summed E-state index contributed by atoms with van der Waals surface area (Å²) in [6.07, 6.45) is -0.823. The second kappa shape index (κ2) is 4.72. The van der Waals surface area contributed by atoms with Gasteiger partial charge in [-0.25, -0.2) is 4.39 Å². The monoisotopic (exact) mass is 170 g/mol. The first-order valence-electron chi connectivity index (χ1n) is 2.91. The molecular formula is C6H8FKO2. The molecule has 1 fully saturated rings. The minimum atomic E-state index is -1.81. The molecule has 0 spiro atoms. The topological polar surface area (TPSA) is 34.1 Å². The number of alkyl halides is 1. The van der Waals surface area contributed by atoms with E-state index in [-0.39, 0.29) is 64.2 Å². The van der Waals surface area contributed by atoms with Gasteiger partial charge in [-0.15, -0.1) is 0 Å². The van der Waals surface area contributed by atoms with E-state index in [0.717, 1.165) is 0 Å². The summed E-state index contributed by atoms with van der Waals surface area (Å²) in [5.41, 5.74) is 0. The summed E-state index contributed by atoms with van der Waals surface area (Å²) in [6.45, 7) is 0. The van der Waals surface area contributed by atoms with Crippen LogP contribution in [0.2, 0.25) is 0 Å². The molecule has 0 N–H and O–H groups in total. The predicted octanol–water partition coefficient (Wildman–Crippen LogP) is -0.00190. The number of hydrogen-bond acceptors (Lipinski definition) is 2. The Morgan fingerprint density at radius 3 is 1.90 bits per heavy atom. The molecule has 0 radical (unpaired) electrons. The van der Waals surface area contributed by atoms with Crippen LogP contribution in [0.3, 0.4) is 0 Å². The molecule has 52 valence electrons. The van der Waals surface area contributed by atoms with Crippen molar-refractivity contribution in [1.29, 1.82) is 0 Å². The van der Waals surface area contributed by atoms with Gasteiger partial charge >= 0.3 is 51.4 Å². The van der Waals surface area contributed by atoms with Crippen LogP contribution >= 0.6 is 0 Å². The van der Waals surface area contributed by atoms with Crippen molar-refractivity contribution in [3.8, 4) is 0 Å². The number of halogens is 1. The number of carbonyl (C=O) groups excluding carboxylic acids is 2. The van der Waals surface area contributed by atoms with Crippen LogP contribution in [-0.4, -0.2) is 69.1 Å². The van der Waals surface area contributed by atoms with E-state index >= 15 is 0 Å². The van der Waals surface area contributed by atoms with Gasteiger partial charge in [-0.05, 0) is 6.42 Å². The Kier molecular flexibility index (Phi) is 5.15. The Morgan fingerprint density at radius 1 is 1.20 bits per heavy atom. The maximum atomic E-state index is 12.3. The minimum absolute atomic E-state index is 0. The van der Waals surface area contributed by atoms with E-state index in [0.29, 0.717) is 6.42 Å². The number of carbonyl (C=O) groups is 2. The average molecular weight is 170 g/mol. The molecular weight excluding hydrogens is 162 g/mol. The zero-order valence-electron chi connectivity index (χ0n) is 4.89. The van der Waals surface area contributed by atoms with E-state index in [1.54, 1.807) is 0 Å². The van der Waals surface area contributed by atoms with E-state index in [1.807, 2.05) is 0 Å². The first kappa shape index (κ1) is 10.9. The molecule has 1 aliphatic rings. The van der Waals surface area contributed by atoms with Crippen molar-refractivity contribution in [2.24, 2.45) is 0 Å². The van der Waals surface area contributed by atoms with Crippen LogP contribution in [0.25, 0.3) is 0 Å². The van der Waals surface area contributed by atoms with Crippen molar-refractivity contribution in [3.63, 3.8) is 0 Å². The standard InChI is InChI=1S/C6H7FO2.K.H/c7-6-4(8)2-1-3-5(6)9;;/h6H,1-3H2;;. The molecule has 10 heavy (non-hydrogen) atoms. The zero-order valence-corrected chi connectivity index (χ0v) is 4.89. The second-order valence-electron chi connectivity index (χ2n) is 2.15. The summed E-state index contributed by atoms with van der Waals surface area (Å²) >= 11 is 0. The first-order valence-corrected chi connectivity index (χ1v) is 2.91. The summed E-state index contributed by atoms with van der Waals surface area (Å²) in [4.78, 5) is 20.8. The fraction of sp³-hybridized carbons (Fsp3) is 0.667. The van der Waals surface area contributed by atoms with Crippen LogP contribution in [-0.2, 0) is 9.59 Å². The molecule has 0 unspecified atom stereocenters. The van der Waals surface area contributed by atoms with Crippen LogP contribution in [0, 0.1) is 0 Å². The van der Waals surface area contributed by atoms with Gasteiger partial charge in [0.05, 0.1) is 0 Å². The molecule has 0 amide bonds. The van der Waals surface area contributed by atoms with Crippen LogP contribution in [0.5, 0.6) is 0 Å². The predicted molar refractivity (Wildman–Crippen MR) is 35.9 cm³/mol. The van der Waals surface area contributed by atoms with Gasteiger partial charge in [-0.3, -0.25) is 9.59 Å². The number of rotatable bonds is 0. The van der Waals surface area contributed by atoms with Crippen molar-refractivity contribution >= 4 is 63.0 Å². The molecule has 4 heteroatoms. The Morgan fingerprint density at radius 2 is 1.60 bits per heavy atom. The third-order valence-electron chi connectivity index (χ3n) is 1.41. The molecule has 0 aromatic rings. The molecule has 1 aliphatic carbocycles. The van der Waals surface area contributed by atoms with Crippen LogP contribution in [0.4, 0.5) is 4.39 Å². The summed E-state index contributed by atoms with van der Waals surface area (Å²) in [7, 11) is 0. The van der Waals surface area contributed by atoms with Gasteiger partial charge in [0.25, 0.3) is 0 Å². The van der Waals surface area contributed by atoms with Gasteiger partial charge in [-0.2, -0.15) is 0 Å². The van der Waals surface area contributed by atoms with Crippen molar-refractivity contribution in [2.45, 2.75) is 25.4 Å². The van der Waals surface area contributed by atoms with Crippen molar-refractivity contribution in [1.82, 2.24) is 0 Å². The summed E-state index contributed by atoms with van der Waals surface area (Å²) in [5, 5.41) is 0. The van der Waals surface area contributed by atoms with E-state index in [9.17, 15) is 14.0 Å². The number of hydrogen-bond donors (Lipinski definition) is 0. The van der Waals surface area contributed by atoms with Crippen LogP contribution < -0.4 is 0 Å². The molecule has 0 saturated heterocycles. The van der Waals surface area contributed by atoms with Gasteiger partial charge in [0.15, 0.2) is 11.6 Å². The zero-order chi connectivity index (χ0) is 6.85. The Hall–Kier alpha value is 0.906. The molecule has 0 heterocycles. The van der Waals surface area contributed by atoms with Gasteiger partial charge in [0.2, 0.25) is 6.17 Å². The van der Waals surface area contributed by atoms with Crippen molar-refractivity contribution < 1.29 is 14.0 Å².